The monoisotopic (exact) mass is 399 g/mol. The number of hydrogen-bond donors (Lipinski definition) is 2. The molecule has 1 rings (SSSR count). The fourth-order valence-electron chi connectivity index (χ4n) is 2.05. The summed E-state index contributed by atoms with van der Waals surface area (Å²) >= 11 is 0. The fourth-order valence-corrected chi connectivity index (χ4v) is 2.05. The van der Waals surface area contributed by atoms with Crippen LogP contribution in [0.1, 0.15) is 39.4 Å². The van der Waals surface area contributed by atoms with Crippen LogP contribution in [0, 0.1) is 5.92 Å². The molecule has 0 aliphatic carbocycles. The molecule has 11 heteroatoms. The van der Waals surface area contributed by atoms with Gasteiger partial charge < -0.3 is 10.4 Å². The maximum atomic E-state index is 9.87. The third-order valence-corrected chi connectivity index (χ3v) is 3.49. The number of imidazole rings is 1. The Morgan fingerprint density at radius 1 is 1.20 bits per heavy atom. The first-order chi connectivity index (χ1) is 11.0. The number of halogens is 6. The molecule has 0 aromatic carbocycles. The summed E-state index contributed by atoms with van der Waals surface area (Å²) in [5, 5.41) is 12.8. The molecule has 0 unspecified atom stereocenters. The molecule has 0 fully saturated rings. The Labute approximate surface area is 144 Å². The number of aliphatic hydroxyl groups excluding tert-OH is 1. The molecule has 1 atom stereocenters. The Balaban J connectivity index is 0.000000697. The summed E-state index contributed by atoms with van der Waals surface area (Å²) in [6.07, 6.45) is 6.64. The van der Waals surface area contributed by atoms with Gasteiger partial charge in [-0.05, 0) is 12.3 Å². The summed E-state index contributed by atoms with van der Waals surface area (Å²) in [6, 6.07) is 0.166. The molecule has 0 saturated heterocycles. The standard InChI is InChI=1S/C14H28N3O.F6P/c1-5-6-7-17-9-8-16(4)14(17)10-15-13(11-18)12(2)3;1-7(2,3,4,5)6/h8-9,12-13,15,18H,5-7,10-11H2,1-4H3;/q+1;-1/t13-;/m1./s1. The van der Waals surface area contributed by atoms with Crippen molar-refractivity contribution in [2.45, 2.75) is 52.7 Å². The van der Waals surface area contributed by atoms with Gasteiger partial charge in [-0.3, -0.25) is 0 Å². The minimum atomic E-state index is -10.7. The van der Waals surface area contributed by atoms with Crippen LogP contribution in [-0.2, 0) is 20.1 Å². The number of aliphatic hydroxyl groups is 1. The molecule has 1 aromatic rings. The van der Waals surface area contributed by atoms with Crippen molar-refractivity contribution < 1.29 is 34.9 Å². The fraction of sp³-hybridized carbons (Fsp3) is 0.786. The van der Waals surface area contributed by atoms with E-state index in [1.54, 1.807) is 0 Å². The first-order valence-corrected chi connectivity index (χ1v) is 10.0. The molecule has 1 aromatic heterocycles. The van der Waals surface area contributed by atoms with Crippen LogP contribution in [0.5, 0.6) is 0 Å². The zero-order valence-electron chi connectivity index (χ0n) is 14.9. The molecule has 2 N–H and O–H groups in total. The Hall–Kier alpha value is -0.860. The van der Waals surface area contributed by atoms with Crippen LogP contribution < -0.4 is 9.88 Å². The van der Waals surface area contributed by atoms with Crippen LogP contribution in [0.15, 0.2) is 12.4 Å². The normalized spacial score (nSPS) is 16.0. The van der Waals surface area contributed by atoms with Gasteiger partial charge in [-0.2, -0.15) is 0 Å². The molecule has 0 aliphatic heterocycles. The van der Waals surface area contributed by atoms with E-state index in [-0.39, 0.29) is 12.6 Å². The average molecular weight is 399 g/mol. The minimum absolute atomic E-state index is 0.166. The summed E-state index contributed by atoms with van der Waals surface area (Å²) in [6.45, 7) is 8.53. The van der Waals surface area contributed by atoms with Gasteiger partial charge in [0, 0.05) is 6.04 Å². The van der Waals surface area contributed by atoms with Gasteiger partial charge in [0.05, 0.1) is 26.7 Å². The predicted molar refractivity (Wildman–Crippen MR) is 86.6 cm³/mol. The van der Waals surface area contributed by atoms with Crippen LogP contribution in [0.25, 0.3) is 0 Å². The Kier molecular flexibility index (Phi) is 7.94. The van der Waals surface area contributed by atoms with E-state index >= 15 is 0 Å². The molecule has 0 amide bonds. The van der Waals surface area contributed by atoms with Crippen LogP contribution in [0.3, 0.4) is 0 Å². The summed E-state index contributed by atoms with van der Waals surface area (Å²) < 4.78 is 63.6. The van der Waals surface area contributed by atoms with E-state index < -0.39 is 7.81 Å². The molecule has 25 heavy (non-hydrogen) atoms. The van der Waals surface area contributed by atoms with Gasteiger partial charge >= 0.3 is 33.0 Å². The summed E-state index contributed by atoms with van der Waals surface area (Å²) in [7, 11) is -8.59. The van der Waals surface area contributed by atoms with Gasteiger partial charge in [0.1, 0.15) is 12.4 Å². The third kappa shape index (κ3) is 14.0. The molecular formula is C14H28F6N3OP. The average Bonchev–Trinajstić information content (AvgIpc) is 2.74. The molecular weight excluding hydrogens is 371 g/mol. The van der Waals surface area contributed by atoms with Gasteiger partial charge in [-0.25, -0.2) is 9.13 Å². The number of hydrogen-bond acceptors (Lipinski definition) is 2. The second-order valence-corrected chi connectivity index (χ2v) is 8.16. The van der Waals surface area contributed by atoms with Crippen LogP contribution in [0.2, 0.25) is 0 Å². The quantitative estimate of drug-likeness (QED) is 0.381. The van der Waals surface area contributed by atoms with Crippen molar-refractivity contribution in [3.63, 3.8) is 0 Å². The summed E-state index contributed by atoms with van der Waals surface area (Å²) in [5.74, 6) is 1.71. The number of aromatic nitrogens is 2. The second kappa shape index (κ2) is 8.22. The van der Waals surface area contributed by atoms with Crippen LogP contribution in [-0.4, -0.2) is 22.3 Å². The second-order valence-electron chi connectivity index (χ2n) is 6.24. The SMILES string of the molecule is CCCCn1cc[n+](C)c1CN[C@H](CO)C(C)C.F[P-](F)(F)(F)(F)F. The van der Waals surface area contributed by atoms with E-state index in [1.165, 1.54) is 18.7 Å². The Morgan fingerprint density at radius 2 is 1.72 bits per heavy atom. The van der Waals surface area contributed by atoms with E-state index in [2.05, 4.69) is 54.7 Å². The van der Waals surface area contributed by atoms with Crippen molar-refractivity contribution >= 4 is 7.81 Å². The molecule has 1 heterocycles. The molecule has 0 radical (unpaired) electrons. The van der Waals surface area contributed by atoms with Crippen LogP contribution >= 0.6 is 7.81 Å². The van der Waals surface area contributed by atoms with Gasteiger partial charge in [-0.15, -0.1) is 0 Å². The third-order valence-electron chi connectivity index (χ3n) is 3.49. The van der Waals surface area contributed by atoms with Crippen molar-refractivity contribution in [1.29, 1.82) is 0 Å². The number of nitrogens with one attached hydrogen (secondary N) is 1. The molecule has 152 valence electrons. The van der Waals surface area contributed by atoms with E-state index in [0.29, 0.717) is 5.92 Å². The first-order valence-electron chi connectivity index (χ1n) is 7.99. The van der Waals surface area contributed by atoms with Gasteiger partial charge in [-0.1, -0.05) is 27.2 Å². The molecule has 0 spiro atoms. The number of nitrogens with zero attached hydrogens (tertiary/aromatic N) is 2. The molecule has 0 bridgehead atoms. The van der Waals surface area contributed by atoms with Crippen molar-refractivity contribution in [3.05, 3.63) is 18.2 Å². The Bertz CT molecular complexity index is 518. The summed E-state index contributed by atoms with van der Waals surface area (Å²) in [5.41, 5.74) is 0. The molecule has 0 aliphatic rings. The van der Waals surface area contributed by atoms with Gasteiger partial charge in [0.15, 0.2) is 0 Å². The zero-order chi connectivity index (χ0) is 20.0. The van der Waals surface area contributed by atoms with Crippen molar-refractivity contribution in [3.8, 4) is 0 Å². The zero-order valence-corrected chi connectivity index (χ0v) is 15.8. The maximum absolute atomic E-state index is 10.7. The summed E-state index contributed by atoms with van der Waals surface area (Å²) in [4.78, 5) is 0. The number of rotatable bonds is 8. The topological polar surface area (TPSA) is 41.1 Å². The van der Waals surface area contributed by atoms with Gasteiger partial charge in [0.25, 0.3) is 5.82 Å². The van der Waals surface area contributed by atoms with E-state index in [1.807, 2.05) is 0 Å². The first kappa shape index (κ1) is 24.1. The predicted octanol–water partition coefficient (Wildman–Crippen LogP) is 4.60. The van der Waals surface area contributed by atoms with Gasteiger partial charge in [0.2, 0.25) is 0 Å². The molecule has 4 nitrogen and oxygen atoms in total. The van der Waals surface area contributed by atoms with Crippen LogP contribution in [0.4, 0.5) is 25.2 Å². The van der Waals surface area contributed by atoms with E-state index in [4.69, 9.17) is 0 Å². The van der Waals surface area contributed by atoms with E-state index in [0.717, 1.165) is 13.1 Å². The van der Waals surface area contributed by atoms with Crippen molar-refractivity contribution in [2.75, 3.05) is 6.61 Å². The van der Waals surface area contributed by atoms with E-state index in [9.17, 15) is 30.3 Å². The Morgan fingerprint density at radius 3 is 2.12 bits per heavy atom. The molecule has 0 saturated carbocycles. The van der Waals surface area contributed by atoms with Crippen molar-refractivity contribution in [1.82, 2.24) is 9.88 Å². The number of aryl methyl sites for hydroxylation is 2. The number of unbranched alkanes of at least 4 members (excludes halogenated alkanes) is 1. The van der Waals surface area contributed by atoms with Crippen molar-refractivity contribution in [2.24, 2.45) is 13.0 Å².